The molecule has 0 radical (unpaired) electrons. The highest BCUT2D eigenvalue weighted by Crippen LogP contribution is 2.07. The predicted octanol–water partition coefficient (Wildman–Crippen LogP) is 1.26. The van der Waals surface area contributed by atoms with Gasteiger partial charge in [0.1, 0.15) is 0 Å². The molecule has 0 fully saturated rings. The number of hydrogen-bond donors (Lipinski definition) is 2. The van der Waals surface area contributed by atoms with Crippen molar-refractivity contribution in [3.05, 3.63) is 35.4 Å². The second-order valence-corrected chi connectivity index (χ2v) is 6.64. The zero-order valence-corrected chi connectivity index (χ0v) is 13.3. The summed E-state index contributed by atoms with van der Waals surface area (Å²) in [6, 6.07) is 7.77. The van der Waals surface area contributed by atoms with Gasteiger partial charge in [-0.2, -0.15) is 17.4 Å². The Morgan fingerprint density at radius 3 is 2.60 bits per heavy atom. The van der Waals surface area contributed by atoms with Gasteiger partial charge >= 0.3 is 0 Å². The summed E-state index contributed by atoms with van der Waals surface area (Å²) >= 11 is 0. The van der Waals surface area contributed by atoms with E-state index in [-0.39, 0.29) is 0 Å². The van der Waals surface area contributed by atoms with Gasteiger partial charge in [-0.15, -0.1) is 0 Å². The van der Waals surface area contributed by atoms with E-state index in [0.29, 0.717) is 13.1 Å². The molecule has 0 aliphatic heterocycles. The summed E-state index contributed by atoms with van der Waals surface area (Å²) in [4.78, 5) is 0. The molecular formula is C14H25N3O2S. The summed E-state index contributed by atoms with van der Waals surface area (Å²) in [6.45, 7) is 6.58. The van der Waals surface area contributed by atoms with Crippen molar-refractivity contribution in [1.29, 1.82) is 0 Å². The minimum absolute atomic E-state index is 0.326. The Hall–Kier alpha value is -0.950. The lowest BCUT2D eigenvalue weighted by atomic mass is 10.1. The minimum atomic E-state index is -3.41. The second-order valence-electron chi connectivity index (χ2n) is 4.78. The first-order chi connectivity index (χ1) is 9.47. The highest BCUT2D eigenvalue weighted by Gasteiger charge is 2.16. The third-order valence-corrected chi connectivity index (χ3v) is 4.71. The molecule has 0 unspecified atom stereocenters. The van der Waals surface area contributed by atoms with Crippen molar-refractivity contribution in [2.45, 2.75) is 26.8 Å². The molecule has 0 amide bonds. The van der Waals surface area contributed by atoms with Crippen LogP contribution in [0.5, 0.6) is 0 Å². The van der Waals surface area contributed by atoms with Crippen molar-refractivity contribution in [2.75, 3.05) is 26.7 Å². The lowest BCUT2D eigenvalue weighted by Gasteiger charge is -2.18. The van der Waals surface area contributed by atoms with E-state index in [1.807, 2.05) is 38.1 Å². The summed E-state index contributed by atoms with van der Waals surface area (Å²) < 4.78 is 28.1. The number of benzene rings is 1. The Labute approximate surface area is 122 Å². The maximum atomic E-state index is 12.1. The zero-order chi connectivity index (χ0) is 15.0. The van der Waals surface area contributed by atoms with Gasteiger partial charge < -0.3 is 5.32 Å². The normalized spacial score (nSPS) is 12.0. The molecule has 20 heavy (non-hydrogen) atoms. The van der Waals surface area contributed by atoms with E-state index in [4.69, 9.17) is 0 Å². The Morgan fingerprint density at radius 2 is 1.95 bits per heavy atom. The summed E-state index contributed by atoms with van der Waals surface area (Å²) in [7, 11) is -1.80. The van der Waals surface area contributed by atoms with Crippen molar-refractivity contribution < 1.29 is 8.42 Å². The number of hydrogen-bond acceptors (Lipinski definition) is 3. The lowest BCUT2D eigenvalue weighted by Crippen LogP contribution is -2.39. The average molecular weight is 299 g/mol. The number of rotatable bonds is 9. The number of nitrogens with zero attached hydrogens (tertiary/aromatic N) is 1. The second kappa shape index (κ2) is 8.36. The lowest BCUT2D eigenvalue weighted by molar-refractivity contribution is 0.445. The molecule has 0 aromatic heterocycles. The first kappa shape index (κ1) is 17.1. The van der Waals surface area contributed by atoms with Gasteiger partial charge in [-0.1, -0.05) is 31.2 Å². The van der Waals surface area contributed by atoms with E-state index in [1.165, 1.54) is 4.31 Å². The van der Waals surface area contributed by atoms with Crippen LogP contribution in [0.1, 0.15) is 24.5 Å². The molecular weight excluding hydrogens is 274 g/mol. The molecule has 1 rings (SSSR count). The van der Waals surface area contributed by atoms with Gasteiger partial charge in [0.2, 0.25) is 0 Å². The molecule has 1 aromatic carbocycles. The van der Waals surface area contributed by atoms with Crippen LogP contribution in [0.15, 0.2) is 24.3 Å². The Balaban J connectivity index is 2.46. The highest BCUT2D eigenvalue weighted by atomic mass is 32.2. The summed E-state index contributed by atoms with van der Waals surface area (Å²) in [6.07, 6.45) is 0.801. The van der Waals surface area contributed by atoms with Crippen molar-refractivity contribution in [3.8, 4) is 0 Å². The molecule has 1 aromatic rings. The van der Waals surface area contributed by atoms with Crippen LogP contribution in [0.4, 0.5) is 0 Å². The molecule has 2 N–H and O–H groups in total. The predicted molar refractivity (Wildman–Crippen MR) is 82.7 cm³/mol. The number of nitrogens with one attached hydrogen (secondary N) is 2. The summed E-state index contributed by atoms with van der Waals surface area (Å²) in [5.74, 6) is 0. The van der Waals surface area contributed by atoms with Crippen molar-refractivity contribution in [3.63, 3.8) is 0 Å². The average Bonchev–Trinajstić information content (AvgIpc) is 2.42. The highest BCUT2D eigenvalue weighted by molar-refractivity contribution is 7.87. The van der Waals surface area contributed by atoms with Gasteiger partial charge in [-0.3, -0.25) is 0 Å². The largest absolute Gasteiger partial charge is 0.317 e. The fourth-order valence-corrected chi connectivity index (χ4v) is 2.74. The van der Waals surface area contributed by atoms with E-state index < -0.39 is 10.2 Å². The fourth-order valence-electron chi connectivity index (χ4n) is 1.81. The van der Waals surface area contributed by atoms with Crippen molar-refractivity contribution >= 4 is 10.2 Å². The van der Waals surface area contributed by atoms with Crippen LogP contribution >= 0.6 is 0 Å². The topological polar surface area (TPSA) is 61.4 Å². The van der Waals surface area contributed by atoms with Gasteiger partial charge in [0.15, 0.2) is 0 Å². The maximum absolute atomic E-state index is 12.1. The van der Waals surface area contributed by atoms with Gasteiger partial charge in [0.25, 0.3) is 10.2 Å². The molecule has 0 atom stereocenters. The Bertz CT molecular complexity index is 503. The van der Waals surface area contributed by atoms with Crippen LogP contribution in [0.25, 0.3) is 0 Å². The minimum Gasteiger partial charge on any atom is -0.317 e. The molecule has 114 valence electrons. The van der Waals surface area contributed by atoms with Crippen LogP contribution in [-0.4, -0.2) is 39.4 Å². The van der Waals surface area contributed by atoms with Gasteiger partial charge in [0.05, 0.1) is 0 Å². The third kappa shape index (κ3) is 5.58. The molecule has 0 bridgehead atoms. The number of aryl methyl sites for hydroxylation is 1. The molecule has 0 saturated carbocycles. The third-order valence-electron chi connectivity index (χ3n) is 3.19. The van der Waals surface area contributed by atoms with Gasteiger partial charge in [-0.05, 0) is 37.6 Å². The SMILES string of the molecule is CCNCCCN(C)S(=O)(=O)NCc1ccccc1C. The van der Waals surface area contributed by atoms with E-state index in [2.05, 4.69) is 10.0 Å². The van der Waals surface area contributed by atoms with Crippen LogP contribution in [-0.2, 0) is 16.8 Å². The van der Waals surface area contributed by atoms with Crippen LogP contribution in [0.3, 0.4) is 0 Å². The molecule has 0 saturated heterocycles. The quantitative estimate of drug-likeness (QED) is 0.675. The first-order valence-corrected chi connectivity index (χ1v) is 8.37. The monoisotopic (exact) mass is 299 g/mol. The van der Waals surface area contributed by atoms with Crippen molar-refractivity contribution in [2.24, 2.45) is 0 Å². The van der Waals surface area contributed by atoms with Crippen LogP contribution in [0.2, 0.25) is 0 Å². The molecule has 6 heteroatoms. The summed E-state index contributed by atoms with van der Waals surface area (Å²) in [5.41, 5.74) is 2.09. The van der Waals surface area contributed by atoms with Gasteiger partial charge in [0, 0.05) is 20.1 Å². The van der Waals surface area contributed by atoms with E-state index in [0.717, 1.165) is 30.6 Å². The van der Waals surface area contributed by atoms with E-state index >= 15 is 0 Å². The molecule has 0 heterocycles. The molecule has 0 aliphatic carbocycles. The van der Waals surface area contributed by atoms with Crippen LogP contribution < -0.4 is 10.0 Å². The van der Waals surface area contributed by atoms with E-state index in [1.54, 1.807) is 7.05 Å². The smallest absolute Gasteiger partial charge is 0.279 e. The molecule has 0 spiro atoms. The maximum Gasteiger partial charge on any atom is 0.279 e. The van der Waals surface area contributed by atoms with E-state index in [9.17, 15) is 8.42 Å². The summed E-state index contributed by atoms with van der Waals surface area (Å²) in [5, 5.41) is 3.18. The standard InChI is InChI=1S/C14H25N3O2S/c1-4-15-10-7-11-17(3)20(18,19)16-12-14-9-6-5-8-13(14)2/h5-6,8-9,15-16H,4,7,10-12H2,1-3H3. The molecule has 5 nitrogen and oxygen atoms in total. The van der Waals surface area contributed by atoms with Gasteiger partial charge in [-0.25, -0.2) is 0 Å². The van der Waals surface area contributed by atoms with Crippen molar-refractivity contribution in [1.82, 2.24) is 14.3 Å². The molecule has 0 aliphatic rings. The zero-order valence-electron chi connectivity index (χ0n) is 12.5. The Morgan fingerprint density at radius 1 is 1.25 bits per heavy atom. The first-order valence-electron chi connectivity index (χ1n) is 6.93. The Kier molecular flexibility index (Phi) is 7.15. The van der Waals surface area contributed by atoms with Crippen LogP contribution in [0, 0.1) is 6.92 Å². The fraction of sp³-hybridized carbons (Fsp3) is 0.571.